The third-order valence-corrected chi connectivity index (χ3v) is 3.58. The van der Waals surface area contributed by atoms with Gasteiger partial charge in [0.1, 0.15) is 17.3 Å². The number of furan rings is 1. The lowest BCUT2D eigenvalue weighted by atomic mass is 10.1. The molecule has 0 aliphatic carbocycles. The largest absolute Gasteiger partial charge is 0.497 e. The van der Waals surface area contributed by atoms with Gasteiger partial charge in [-0.3, -0.25) is 4.79 Å². The number of carbonyl (C=O) groups is 1. The highest BCUT2D eigenvalue weighted by atomic mass is 19.1. The summed E-state index contributed by atoms with van der Waals surface area (Å²) in [6, 6.07) is 16.8. The molecule has 1 aromatic heterocycles. The Bertz CT molecular complexity index is 840. The van der Waals surface area contributed by atoms with E-state index < -0.39 is 5.82 Å². The predicted molar refractivity (Wildman–Crippen MR) is 88.3 cm³/mol. The molecule has 0 atom stereocenters. The maximum absolute atomic E-state index is 13.7. The lowest BCUT2D eigenvalue weighted by Gasteiger charge is -2.05. The zero-order valence-corrected chi connectivity index (χ0v) is 13.1. The Kier molecular flexibility index (Phi) is 4.61. The van der Waals surface area contributed by atoms with Crippen molar-refractivity contribution >= 4 is 5.91 Å². The standard InChI is InChI=1S/C19H16FNO3/c1-23-14-8-6-13(7-9-14)12-21-19(22)18-11-10-17(24-18)15-4-2-3-5-16(15)20/h2-11H,12H2,1H3,(H,21,22). The van der Waals surface area contributed by atoms with Gasteiger partial charge in [-0.25, -0.2) is 4.39 Å². The molecule has 2 aromatic carbocycles. The summed E-state index contributed by atoms with van der Waals surface area (Å²) < 4.78 is 24.3. The summed E-state index contributed by atoms with van der Waals surface area (Å²) in [6.45, 7) is 0.360. The molecular formula is C19H16FNO3. The van der Waals surface area contributed by atoms with Crippen LogP contribution in [-0.4, -0.2) is 13.0 Å². The average molecular weight is 325 g/mol. The number of hydrogen-bond acceptors (Lipinski definition) is 3. The van der Waals surface area contributed by atoms with Crippen molar-refractivity contribution in [3.63, 3.8) is 0 Å². The van der Waals surface area contributed by atoms with Crippen LogP contribution in [0.25, 0.3) is 11.3 Å². The van der Waals surface area contributed by atoms with Crippen molar-refractivity contribution in [2.24, 2.45) is 0 Å². The molecule has 24 heavy (non-hydrogen) atoms. The number of ether oxygens (including phenoxy) is 1. The smallest absolute Gasteiger partial charge is 0.287 e. The van der Waals surface area contributed by atoms with Gasteiger partial charge in [-0.15, -0.1) is 0 Å². The highest BCUT2D eigenvalue weighted by molar-refractivity contribution is 5.92. The molecule has 1 amide bonds. The molecule has 5 heteroatoms. The highest BCUT2D eigenvalue weighted by Gasteiger charge is 2.14. The summed E-state index contributed by atoms with van der Waals surface area (Å²) in [7, 11) is 1.60. The van der Waals surface area contributed by atoms with Gasteiger partial charge in [-0.05, 0) is 42.0 Å². The van der Waals surface area contributed by atoms with Gasteiger partial charge in [0.2, 0.25) is 0 Å². The van der Waals surface area contributed by atoms with Crippen LogP contribution < -0.4 is 10.1 Å². The Morgan fingerprint density at radius 2 is 1.83 bits per heavy atom. The van der Waals surface area contributed by atoms with Crippen LogP contribution >= 0.6 is 0 Å². The van der Waals surface area contributed by atoms with Crippen molar-refractivity contribution in [3.05, 3.63) is 77.8 Å². The summed E-state index contributed by atoms with van der Waals surface area (Å²) >= 11 is 0. The molecule has 0 bridgehead atoms. The molecule has 1 N–H and O–H groups in total. The lowest BCUT2D eigenvalue weighted by Crippen LogP contribution is -2.22. The molecule has 3 rings (SSSR count). The topological polar surface area (TPSA) is 51.5 Å². The van der Waals surface area contributed by atoms with Gasteiger partial charge in [-0.2, -0.15) is 0 Å². The van der Waals surface area contributed by atoms with E-state index in [1.54, 1.807) is 31.4 Å². The SMILES string of the molecule is COc1ccc(CNC(=O)c2ccc(-c3ccccc3F)o2)cc1. The molecule has 0 aliphatic heterocycles. The first kappa shape index (κ1) is 15.8. The summed E-state index contributed by atoms with van der Waals surface area (Å²) in [4.78, 5) is 12.1. The van der Waals surface area contributed by atoms with Crippen LogP contribution in [0, 0.1) is 5.82 Å². The van der Waals surface area contributed by atoms with E-state index >= 15 is 0 Å². The third kappa shape index (κ3) is 3.46. The minimum atomic E-state index is -0.392. The van der Waals surface area contributed by atoms with Crippen LogP contribution in [0.2, 0.25) is 0 Å². The summed E-state index contributed by atoms with van der Waals surface area (Å²) in [5.74, 6) is 0.473. The van der Waals surface area contributed by atoms with Crippen molar-refractivity contribution in [2.45, 2.75) is 6.54 Å². The first-order chi connectivity index (χ1) is 11.7. The van der Waals surface area contributed by atoms with E-state index in [0.29, 0.717) is 17.9 Å². The minimum absolute atomic E-state index is 0.141. The van der Waals surface area contributed by atoms with Gasteiger partial charge in [0.25, 0.3) is 5.91 Å². The molecule has 1 heterocycles. The van der Waals surface area contributed by atoms with Crippen LogP contribution in [0.5, 0.6) is 5.75 Å². The van der Waals surface area contributed by atoms with Crippen LogP contribution in [0.3, 0.4) is 0 Å². The minimum Gasteiger partial charge on any atom is -0.497 e. The molecule has 0 saturated heterocycles. The maximum Gasteiger partial charge on any atom is 0.287 e. The fourth-order valence-corrected chi connectivity index (χ4v) is 2.28. The number of halogens is 1. The Labute approximate surface area is 138 Å². The molecule has 0 fully saturated rings. The molecule has 0 spiro atoms. The zero-order valence-electron chi connectivity index (χ0n) is 13.1. The van der Waals surface area contributed by atoms with Crippen molar-refractivity contribution in [3.8, 4) is 17.1 Å². The Morgan fingerprint density at radius 1 is 1.08 bits per heavy atom. The summed E-state index contributed by atoms with van der Waals surface area (Å²) in [5, 5.41) is 2.76. The average Bonchev–Trinajstić information content (AvgIpc) is 3.10. The number of carbonyl (C=O) groups excluding carboxylic acids is 1. The normalized spacial score (nSPS) is 10.4. The van der Waals surface area contributed by atoms with Crippen LogP contribution in [0.1, 0.15) is 16.1 Å². The van der Waals surface area contributed by atoms with Crippen molar-refractivity contribution in [1.82, 2.24) is 5.32 Å². The van der Waals surface area contributed by atoms with E-state index in [-0.39, 0.29) is 11.7 Å². The van der Waals surface area contributed by atoms with E-state index in [0.717, 1.165) is 11.3 Å². The van der Waals surface area contributed by atoms with Crippen LogP contribution in [0.15, 0.2) is 65.1 Å². The zero-order chi connectivity index (χ0) is 16.9. The number of nitrogens with one attached hydrogen (secondary N) is 1. The van der Waals surface area contributed by atoms with E-state index in [1.807, 2.05) is 24.3 Å². The summed E-state index contributed by atoms with van der Waals surface area (Å²) in [6.07, 6.45) is 0. The highest BCUT2D eigenvalue weighted by Crippen LogP contribution is 2.24. The number of hydrogen-bond donors (Lipinski definition) is 1. The predicted octanol–water partition coefficient (Wildman–Crippen LogP) is 4.02. The van der Waals surface area contributed by atoms with E-state index in [1.165, 1.54) is 12.1 Å². The molecule has 4 nitrogen and oxygen atoms in total. The first-order valence-electron chi connectivity index (χ1n) is 7.43. The molecule has 0 aliphatic rings. The van der Waals surface area contributed by atoms with Crippen LogP contribution in [-0.2, 0) is 6.54 Å². The molecule has 3 aromatic rings. The van der Waals surface area contributed by atoms with Crippen LogP contribution in [0.4, 0.5) is 4.39 Å². The maximum atomic E-state index is 13.7. The number of benzene rings is 2. The number of rotatable bonds is 5. The molecule has 0 unspecified atom stereocenters. The third-order valence-electron chi connectivity index (χ3n) is 3.58. The van der Waals surface area contributed by atoms with Crippen molar-refractivity contribution < 1.29 is 18.3 Å². The van der Waals surface area contributed by atoms with Gasteiger partial charge in [-0.1, -0.05) is 24.3 Å². The van der Waals surface area contributed by atoms with Gasteiger partial charge in [0, 0.05) is 6.54 Å². The second-order valence-electron chi connectivity index (χ2n) is 5.17. The van der Waals surface area contributed by atoms with Gasteiger partial charge >= 0.3 is 0 Å². The fraction of sp³-hybridized carbons (Fsp3) is 0.105. The molecule has 0 radical (unpaired) electrons. The van der Waals surface area contributed by atoms with Crippen molar-refractivity contribution in [2.75, 3.05) is 7.11 Å². The Balaban J connectivity index is 1.66. The lowest BCUT2D eigenvalue weighted by molar-refractivity contribution is 0.0924. The fourth-order valence-electron chi connectivity index (χ4n) is 2.28. The van der Waals surface area contributed by atoms with Crippen molar-refractivity contribution in [1.29, 1.82) is 0 Å². The summed E-state index contributed by atoms with van der Waals surface area (Å²) in [5.41, 5.74) is 1.26. The quantitative estimate of drug-likeness (QED) is 0.771. The van der Waals surface area contributed by atoms with Gasteiger partial charge < -0.3 is 14.5 Å². The Hall–Kier alpha value is -3.08. The van der Waals surface area contributed by atoms with E-state index in [2.05, 4.69) is 5.32 Å². The molecule has 0 saturated carbocycles. The number of amides is 1. The number of methoxy groups -OCH3 is 1. The monoisotopic (exact) mass is 325 g/mol. The van der Waals surface area contributed by atoms with Gasteiger partial charge in [0.05, 0.1) is 12.7 Å². The van der Waals surface area contributed by atoms with E-state index in [9.17, 15) is 9.18 Å². The molecular weight excluding hydrogens is 309 g/mol. The molecule has 122 valence electrons. The van der Waals surface area contributed by atoms with E-state index in [4.69, 9.17) is 9.15 Å². The van der Waals surface area contributed by atoms with Gasteiger partial charge in [0.15, 0.2) is 5.76 Å². The Morgan fingerprint density at radius 3 is 2.54 bits per heavy atom. The second kappa shape index (κ2) is 7.00. The second-order valence-corrected chi connectivity index (χ2v) is 5.17. The first-order valence-corrected chi connectivity index (χ1v) is 7.43.